The van der Waals surface area contributed by atoms with Crippen molar-refractivity contribution < 1.29 is 9.13 Å². The molecular formula is C10H13FOS. The summed E-state index contributed by atoms with van der Waals surface area (Å²) in [5.41, 5.74) is 0. The fourth-order valence-corrected chi connectivity index (χ4v) is 1.42. The molecule has 1 nitrogen and oxygen atoms in total. The minimum Gasteiger partial charge on any atom is -0.493 e. The zero-order chi connectivity index (χ0) is 9.68. The number of rotatable bonds is 4. The highest BCUT2D eigenvalue weighted by molar-refractivity contribution is 7.98. The standard InChI is InChI=1S/C10H13FOS/c1-3-4-12-9-5-8(11)6-10(7-9)13-2/h5-7H,3-4H2,1-2H3. The predicted molar refractivity (Wildman–Crippen MR) is 54.0 cm³/mol. The van der Waals surface area contributed by atoms with E-state index in [4.69, 9.17) is 4.74 Å². The third-order valence-corrected chi connectivity index (χ3v) is 2.26. The van der Waals surface area contributed by atoms with Gasteiger partial charge in [0.15, 0.2) is 0 Å². The lowest BCUT2D eigenvalue weighted by Gasteiger charge is -2.05. The van der Waals surface area contributed by atoms with Crippen LogP contribution in [-0.4, -0.2) is 12.9 Å². The third-order valence-electron chi connectivity index (χ3n) is 1.55. The van der Waals surface area contributed by atoms with Crippen LogP contribution in [0, 0.1) is 5.82 Å². The van der Waals surface area contributed by atoms with E-state index in [-0.39, 0.29) is 5.82 Å². The number of benzene rings is 1. The van der Waals surface area contributed by atoms with Crippen LogP contribution >= 0.6 is 11.8 Å². The van der Waals surface area contributed by atoms with Crippen LogP contribution in [-0.2, 0) is 0 Å². The molecule has 0 bridgehead atoms. The molecule has 0 saturated heterocycles. The van der Waals surface area contributed by atoms with Gasteiger partial charge in [-0.2, -0.15) is 0 Å². The van der Waals surface area contributed by atoms with Gasteiger partial charge in [0.05, 0.1) is 6.61 Å². The van der Waals surface area contributed by atoms with Crippen LogP contribution in [0.4, 0.5) is 4.39 Å². The molecule has 0 fully saturated rings. The molecule has 0 aliphatic heterocycles. The molecule has 0 heterocycles. The molecule has 0 aliphatic carbocycles. The van der Waals surface area contributed by atoms with Crippen LogP contribution in [0.2, 0.25) is 0 Å². The lowest BCUT2D eigenvalue weighted by molar-refractivity contribution is 0.315. The summed E-state index contributed by atoms with van der Waals surface area (Å²) in [5, 5.41) is 0. The lowest BCUT2D eigenvalue weighted by atomic mass is 10.3. The summed E-state index contributed by atoms with van der Waals surface area (Å²) < 4.78 is 18.3. The van der Waals surface area contributed by atoms with Gasteiger partial charge in [0.25, 0.3) is 0 Å². The van der Waals surface area contributed by atoms with Crippen LogP contribution in [0.25, 0.3) is 0 Å². The van der Waals surface area contributed by atoms with E-state index in [0.717, 1.165) is 11.3 Å². The van der Waals surface area contributed by atoms with Crippen molar-refractivity contribution in [1.82, 2.24) is 0 Å². The average Bonchev–Trinajstić information content (AvgIpc) is 2.14. The molecule has 72 valence electrons. The second kappa shape index (κ2) is 5.12. The van der Waals surface area contributed by atoms with Crippen LogP contribution in [0.5, 0.6) is 5.75 Å². The van der Waals surface area contributed by atoms with E-state index in [2.05, 4.69) is 0 Å². The summed E-state index contributed by atoms with van der Waals surface area (Å²) in [7, 11) is 0. The summed E-state index contributed by atoms with van der Waals surface area (Å²) >= 11 is 1.51. The van der Waals surface area contributed by atoms with E-state index in [1.54, 1.807) is 0 Å². The van der Waals surface area contributed by atoms with Crippen LogP contribution < -0.4 is 4.74 Å². The van der Waals surface area contributed by atoms with Gasteiger partial charge in [0, 0.05) is 11.0 Å². The van der Waals surface area contributed by atoms with Crippen molar-refractivity contribution in [3.8, 4) is 5.75 Å². The van der Waals surface area contributed by atoms with Gasteiger partial charge in [0.2, 0.25) is 0 Å². The molecule has 0 aliphatic rings. The molecule has 1 aromatic carbocycles. The Bertz CT molecular complexity index is 276. The maximum Gasteiger partial charge on any atom is 0.128 e. The fraction of sp³-hybridized carbons (Fsp3) is 0.400. The molecule has 0 aromatic heterocycles. The Morgan fingerprint density at radius 3 is 2.77 bits per heavy atom. The Balaban J connectivity index is 2.76. The molecule has 0 radical (unpaired) electrons. The summed E-state index contributed by atoms with van der Waals surface area (Å²) in [6, 6.07) is 4.77. The largest absolute Gasteiger partial charge is 0.493 e. The van der Waals surface area contributed by atoms with Gasteiger partial charge in [-0.1, -0.05) is 6.92 Å². The van der Waals surface area contributed by atoms with Crippen LogP contribution in [0.3, 0.4) is 0 Å². The number of thioether (sulfide) groups is 1. The summed E-state index contributed by atoms with van der Waals surface area (Å²) in [5.74, 6) is 0.379. The first-order valence-corrected chi connectivity index (χ1v) is 5.46. The summed E-state index contributed by atoms with van der Waals surface area (Å²) in [6.07, 6.45) is 2.85. The Labute approximate surface area is 82.3 Å². The molecular weight excluding hydrogens is 187 g/mol. The third kappa shape index (κ3) is 3.27. The van der Waals surface area contributed by atoms with Crippen molar-refractivity contribution >= 4 is 11.8 Å². The first-order chi connectivity index (χ1) is 6.26. The van der Waals surface area contributed by atoms with E-state index < -0.39 is 0 Å². The van der Waals surface area contributed by atoms with E-state index in [0.29, 0.717) is 12.4 Å². The first-order valence-electron chi connectivity index (χ1n) is 4.23. The van der Waals surface area contributed by atoms with Crippen molar-refractivity contribution in [1.29, 1.82) is 0 Å². The molecule has 0 saturated carbocycles. The molecule has 0 N–H and O–H groups in total. The molecule has 0 unspecified atom stereocenters. The highest BCUT2D eigenvalue weighted by Crippen LogP contribution is 2.22. The van der Waals surface area contributed by atoms with Crippen molar-refractivity contribution in [3.63, 3.8) is 0 Å². The monoisotopic (exact) mass is 200 g/mol. The topological polar surface area (TPSA) is 9.23 Å². The fourth-order valence-electron chi connectivity index (χ4n) is 0.958. The smallest absolute Gasteiger partial charge is 0.128 e. The van der Waals surface area contributed by atoms with Crippen molar-refractivity contribution in [2.24, 2.45) is 0 Å². The molecule has 1 rings (SSSR count). The van der Waals surface area contributed by atoms with Gasteiger partial charge in [0.1, 0.15) is 11.6 Å². The first kappa shape index (κ1) is 10.4. The molecule has 13 heavy (non-hydrogen) atoms. The van der Waals surface area contributed by atoms with Crippen molar-refractivity contribution in [2.75, 3.05) is 12.9 Å². The quantitative estimate of drug-likeness (QED) is 0.689. The maximum absolute atomic E-state index is 12.9. The molecule has 0 amide bonds. The van der Waals surface area contributed by atoms with Gasteiger partial charge >= 0.3 is 0 Å². The molecule has 0 spiro atoms. The second-order valence-electron chi connectivity index (χ2n) is 2.68. The Morgan fingerprint density at radius 2 is 2.15 bits per heavy atom. The van der Waals surface area contributed by atoms with E-state index in [1.807, 2.05) is 19.2 Å². The Kier molecular flexibility index (Phi) is 4.09. The minimum absolute atomic E-state index is 0.238. The van der Waals surface area contributed by atoms with Crippen LogP contribution in [0.1, 0.15) is 13.3 Å². The Hall–Kier alpha value is -0.700. The lowest BCUT2D eigenvalue weighted by Crippen LogP contribution is -1.95. The van der Waals surface area contributed by atoms with Gasteiger partial charge in [-0.15, -0.1) is 11.8 Å². The molecule has 0 atom stereocenters. The highest BCUT2D eigenvalue weighted by Gasteiger charge is 2.00. The maximum atomic E-state index is 12.9. The normalized spacial score (nSPS) is 10.1. The number of hydrogen-bond donors (Lipinski definition) is 0. The highest BCUT2D eigenvalue weighted by atomic mass is 32.2. The van der Waals surface area contributed by atoms with Gasteiger partial charge in [-0.3, -0.25) is 0 Å². The molecule has 1 aromatic rings. The number of halogens is 1. The summed E-state index contributed by atoms with van der Waals surface area (Å²) in [6.45, 7) is 2.66. The van der Waals surface area contributed by atoms with Crippen molar-refractivity contribution in [3.05, 3.63) is 24.0 Å². The predicted octanol–water partition coefficient (Wildman–Crippen LogP) is 3.34. The minimum atomic E-state index is -0.238. The van der Waals surface area contributed by atoms with Crippen molar-refractivity contribution in [2.45, 2.75) is 18.2 Å². The zero-order valence-electron chi connectivity index (χ0n) is 7.84. The number of hydrogen-bond acceptors (Lipinski definition) is 2. The van der Waals surface area contributed by atoms with Crippen LogP contribution in [0.15, 0.2) is 23.1 Å². The average molecular weight is 200 g/mol. The molecule has 3 heteroatoms. The van der Waals surface area contributed by atoms with E-state index in [9.17, 15) is 4.39 Å². The van der Waals surface area contributed by atoms with Gasteiger partial charge in [-0.25, -0.2) is 4.39 Å². The Morgan fingerprint density at radius 1 is 1.38 bits per heavy atom. The van der Waals surface area contributed by atoms with Gasteiger partial charge < -0.3 is 4.74 Å². The summed E-state index contributed by atoms with van der Waals surface area (Å²) in [4.78, 5) is 0.895. The van der Waals surface area contributed by atoms with E-state index >= 15 is 0 Å². The second-order valence-corrected chi connectivity index (χ2v) is 3.55. The van der Waals surface area contributed by atoms with Gasteiger partial charge in [-0.05, 0) is 24.8 Å². The number of ether oxygens (including phenoxy) is 1. The van der Waals surface area contributed by atoms with E-state index in [1.165, 1.54) is 23.9 Å². The SMILES string of the molecule is CCCOc1cc(F)cc(SC)c1. The zero-order valence-corrected chi connectivity index (χ0v) is 8.66.